The molecule has 0 aliphatic carbocycles. The van der Waals surface area contributed by atoms with Crippen LogP contribution in [0.2, 0.25) is 0 Å². The lowest BCUT2D eigenvalue weighted by Gasteiger charge is -1.46. The van der Waals surface area contributed by atoms with Gasteiger partial charge in [0.05, 0.1) is 8.82 Å². The SMILES string of the molecule is [2H]C([2H])=C[CH+]C([2H])[2H]. The summed E-state index contributed by atoms with van der Waals surface area (Å²) in [6, 6.07) is 0. The van der Waals surface area contributed by atoms with Crippen LogP contribution in [0.25, 0.3) is 0 Å². The van der Waals surface area contributed by atoms with E-state index in [4.69, 9.17) is 5.48 Å². The molecular formula is C4H7+. The van der Waals surface area contributed by atoms with Gasteiger partial charge in [-0.3, -0.25) is 0 Å². The monoisotopic (exact) mass is 59.1 g/mol. The molecule has 0 rings (SSSR count). The Bertz CT molecular complexity index is 82.0. The van der Waals surface area contributed by atoms with E-state index in [9.17, 15) is 0 Å². The van der Waals surface area contributed by atoms with E-state index in [1.807, 2.05) is 0 Å². The summed E-state index contributed by atoms with van der Waals surface area (Å²) in [5.74, 6) is 0. The van der Waals surface area contributed by atoms with Gasteiger partial charge in [-0.25, -0.2) is 0 Å². The van der Waals surface area contributed by atoms with E-state index in [-0.39, 0.29) is 6.53 Å². The fourth-order valence-corrected chi connectivity index (χ4v) is 0. The normalized spacial score (nSPS) is 19.2. The molecule has 0 fully saturated rings. The minimum atomic E-state index is -1.05. The molecule has 0 heterocycles. The van der Waals surface area contributed by atoms with Crippen LogP contribution in [0.5, 0.6) is 0 Å². The van der Waals surface area contributed by atoms with E-state index in [0.29, 0.717) is 0 Å². The highest BCUT2D eigenvalue weighted by Gasteiger charge is 1.56. The molecule has 0 unspecified atom stereocenters. The van der Waals surface area contributed by atoms with Gasteiger partial charge in [0.2, 0.25) is 0 Å². The van der Waals surface area contributed by atoms with Crippen LogP contribution in [0, 0.1) is 6.42 Å². The van der Waals surface area contributed by atoms with Crippen LogP contribution in [-0.2, 0) is 0 Å². The first-order valence-corrected chi connectivity index (χ1v) is 0.955. The molecule has 0 saturated carbocycles. The van der Waals surface area contributed by atoms with Crippen molar-refractivity contribution in [2.45, 2.75) is 6.88 Å². The van der Waals surface area contributed by atoms with Gasteiger partial charge in [0, 0.05) is 19.8 Å². The average Bonchev–Trinajstić information content (AvgIpc) is 1.61. The summed E-state index contributed by atoms with van der Waals surface area (Å²) in [7, 11) is 0. The van der Waals surface area contributed by atoms with Crippen molar-refractivity contribution in [3.8, 4) is 0 Å². The van der Waals surface area contributed by atoms with Gasteiger partial charge >= 0.3 is 0 Å². The summed E-state index contributed by atoms with van der Waals surface area (Å²) < 4.78 is 26.1. The molecule has 0 aromatic carbocycles. The van der Waals surface area contributed by atoms with Crippen LogP contribution in [0.4, 0.5) is 0 Å². The Hall–Kier alpha value is -0.390. The number of hydrogen-bond donors (Lipinski definition) is 0. The fourth-order valence-electron chi connectivity index (χ4n) is 0. The molecule has 22 valence electrons. The van der Waals surface area contributed by atoms with Crippen molar-refractivity contribution in [1.82, 2.24) is 0 Å². The molecule has 0 amide bonds. The summed E-state index contributed by atoms with van der Waals surface area (Å²) in [4.78, 5) is 0. The lowest BCUT2D eigenvalue weighted by Crippen LogP contribution is -1.39. The minimum Gasteiger partial charge on any atom is 0.0211 e. The van der Waals surface area contributed by atoms with E-state index in [0.717, 1.165) is 12.5 Å². The van der Waals surface area contributed by atoms with E-state index >= 15 is 0 Å². The minimum absolute atomic E-state index is 0.366. The molecule has 0 bridgehead atoms. The van der Waals surface area contributed by atoms with Crippen molar-refractivity contribution >= 4 is 0 Å². The van der Waals surface area contributed by atoms with Gasteiger partial charge in [0.1, 0.15) is 0 Å². The van der Waals surface area contributed by atoms with Gasteiger partial charge < -0.3 is 0 Å². The van der Waals surface area contributed by atoms with E-state index in [1.165, 1.54) is 0 Å². The van der Waals surface area contributed by atoms with Gasteiger partial charge in [-0.2, -0.15) is 0 Å². The molecule has 0 nitrogen and oxygen atoms in total. The molecule has 0 aliphatic heterocycles. The summed E-state index contributed by atoms with van der Waals surface area (Å²) >= 11 is 0. The first-order valence-electron chi connectivity index (χ1n) is 3.11. The van der Waals surface area contributed by atoms with Gasteiger partial charge in [-0.15, -0.1) is 0 Å². The third kappa shape index (κ3) is 1.61. The molecule has 0 atom stereocenters. The predicted molar refractivity (Wildman–Crippen MR) is 20.2 cm³/mol. The Morgan fingerprint density at radius 3 is 4.00 bits per heavy atom. The Morgan fingerprint density at radius 2 is 3.75 bits per heavy atom. The zero-order valence-corrected chi connectivity index (χ0v) is 2.23. The van der Waals surface area contributed by atoms with Crippen LogP contribution in [0.3, 0.4) is 0 Å². The second kappa shape index (κ2) is 2.61. The summed E-state index contributed by atoms with van der Waals surface area (Å²) in [5, 5.41) is 0. The first-order chi connectivity index (χ1) is 3.63. The first kappa shape index (κ1) is 0.563. The van der Waals surface area contributed by atoms with E-state index in [1.54, 1.807) is 0 Å². The van der Waals surface area contributed by atoms with Crippen molar-refractivity contribution in [2.75, 3.05) is 0 Å². The molecule has 0 saturated heterocycles. The molecule has 4 heavy (non-hydrogen) atoms. The Balaban J connectivity index is 3.29. The molecular weight excluding hydrogens is 48.0 g/mol. The largest absolute Gasteiger partial charge is 0.189 e. The highest BCUT2D eigenvalue weighted by Crippen LogP contribution is 1.63. The van der Waals surface area contributed by atoms with Gasteiger partial charge in [-0.05, 0) is 0 Å². The Labute approximate surface area is 32.8 Å². The van der Waals surface area contributed by atoms with E-state index in [2.05, 4.69) is 0 Å². The Morgan fingerprint density at radius 1 is 2.75 bits per heavy atom. The van der Waals surface area contributed by atoms with Crippen LogP contribution >= 0.6 is 0 Å². The summed E-state index contributed by atoms with van der Waals surface area (Å²) in [6.07, 6.45) is 2.28. The second-order valence-corrected chi connectivity index (χ2v) is 0.359. The second-order valence-electron chi connectivity index (χ2n) is 0.359. The Kier molecular flexibility index (Phi) is 0.367. The lowest BCUT2D eigenvalue weighted by atomic mass is 10.5. The third-order valence-electron chi connectivity index (χ3n) is 0.0962. The van der Waals surface area contributed by atoms with Crippen LogP contribution in [0.1, 0.15) is 12.4 Å². The maximum absolute atomic E-state index is 6.57. The summed E-state index contributed by atoms with van der Waals surface area (Å²) in [5.41, 5.74) is 0. The van der Waals surface area contributed by atoms with Gasteiger partial charge in [-0.1, -0.05) is 0 Å². The molecule has 0 radical (unpaired) electrons. The van der Waals surface area contributed by atoms with Crippen molar-refractivity contribution in [2.24, 2.45) is 0 Å². The molecule has 0 aliphatic rings. The topological polar surface area (TPSA) is 0 Å². The lowest BCUT2D eigenvalue weighted by molar-refractivity contribution is 1.57. The smallest absolute Gasteiger partial charge is 0.0211 e. The maximum Gasteiger partial charge on any atom is 0.189 e. The van der Waals surface area contributed by atoms with Crippen molar-refractivity contribution in [3.05, 3.63) is 19.0 Å². The zero-order chi connectivity index (χ0) is 6.57. The highest BCUT2D eigenvalue weighted by molar-refractivity contribution is 4.80. The van der Waals surface area contributed by atoms with Crippen LogP contribution in [-0.4, -0.2) is 0 Å². The standard InChI is InChI=1S/C4H7/c1-3-4-2/h3-4H,1H2,2H3/q+1/i1D2,2D2. The summed E-state index contributed by atoms with van der Waals surface area (Å²) in [6.45, 7) is -1.42. The average molecular weight is 59.1 g/mol. The number of rotatable bonds is 1. The van der Waals surface area contributed by atoms with E-state index < -0.39 is 6.88 Å². The van der Waals surface area contributed by atoms with Crippen molar-refractivity contribution < 1.29 is 5.48 Å². The zero-order valence-electron chi connectivity index (χ0n) is 6.23. The maximum atomic E-state index is 6.57. The molecule has 0 spiro atoms. The van der Waals surface area contributed by atoms with Crippen LogP contribution < -0.4 is 0 Å². The molecule has 0 aromatic rings. The molecule has 0 heteroatoms. The van der Waals surface area contributed by atoms with Crippen molar-refractivity contribution in [1.29, 1.82) is 0 Å². The fraction of sp³-hybridized carbons (Fsp3) is 0.250. The quantitative estimate of drug-likeness (QED) is 0.400. The number of hydrogen-bond acceptors (Lipinski definition) is 0. The van der Waals surface area contributed by atoms with Gasteiger partial charge in [0.25, 0.3) is 0 Å². The molecule has 0 aromatic heterocycles. The number of allylic oxidation sites excluding steroid dienone is 1. The van der Waals surface area contributed by atoms with Gasteiger partial charge in [0.15, 0.2) is 2.74 Å². The van der Waals surface area contributed by atoms with Crippen molar-refractivity contribution in [3.63, 3.8) is 0 Å². The van der Waals surface area contributed by atoms with Crippen LogP contribution in [0.15, 0.2) is 12.6 Å². The third-order valence-corrected chi connectivity index (χ3v) is 0.0962. The predicted octanol–water partition coefficient (Wildman–Crippen LogP) is 1.40. The molecule has 0 N–H and O–H groups in total. The highest BCUT2D eigenvalue weighted by atomic mass is 13.5.